The molecule has 4 fully saturated rings. The molecule has 2 unspecified atom stereocenters. The maximum absolute atomic E-state index is 13.6. The van der Waals surface area contributed by atoms with E-state index in [1.54, 1.807) is 25.1 Å². The molecule has 4 bridgehead atoms. The summed E-state index contributed by atoms with van der Waals surface area (Å²) in [5.74, 6) is 0.875. The van der Waals surface area contributed by atoms with Crippen molar-refractivity contribution in [1.82, 2.24) is 10.6 Å². The number of halogens is 1. The van der Waals surface area contributed by atoms with Gasteiger partial charge in [0.25, 0.3) is 0 Å². The van der Waals surface area contributed by atoms with Gasteiger partial charge in [-0.1, -0.05) is 12.1 Å². The minimum Gasteiger partial charge on any atom is -0.489 e. The van der Waals surface area contributed by atoms with Crippen molar-refractivity contribution in [2.75, 3.05) is 13.2 Å². The van der Waals surface area contributed by atoms with Gasteiger partial charge >= 0.3 is 0 Å². The average molecular weight is 374 g/mol. The number of carbonyl (C=O) groups excluding carboxylic acids is 2. The van der Waals surface area contributed by atoms with E-state index in [0.717, 1.165) is 32.1 Å². The van der Waals surface area contributed by atoms with E-state index in [-0.39, 0.29) is 35.1 Å². The topological polar surface area (TPSA) is 67.4 Å². The van der Waals surface area contributed by atoms with E-state index in [0.29, 0.717) is 18.4 Å². The number of carbonyl (C=O) groups is 2. The maximum atomic E-state index is 13.6. The first-order valence-electron chi connectivity index (χ1n) is 9.84. The van der Waals surface area contributed by atoms with Crippen LogP contribution in [0.1, 0.15) is 45.4 Å². The number of hydrogen-bond acceptors (Lipinski definition) is 3. The van der Waals surface area contributed by atoms with Crippen molar-refractivity contribution in [2.24, 2.45) is 17.3 Å². The highest BCUT2D eigenvalue weighted by Crippen LogP contribution is 2.61. The number of para-hydroxylation sites is 1. The van der Waals surface area contributed by atoms with Crippen LogP contribution in [0.5, 0.6) is 5.75 Å². The Morgan fingerprint density at radius 2 is 1.89 bits per heavy atom. The molecule has 0 saturated heterocycles. The molecule has 4 aliphatic carbocycles. The Balaban J connectivity index is 1.37. The predicted octanol–water partition coefficient (Wildman–Crippen LogP) is 2.80. The molecular formula is C21H27FN2O3. The Kier molecular flexibility index (Phi) is 4.60. The minimum atomic E-state index is -0.401. The minimum absolute atomic E-state index is 0.00852. The molecular weight excluding hydrogens is 347 g/mol. The summed E-state index contributed by atoms with van der Waals surface area (Å²) >= 11 is 0. The molecule has 0 radical (unpaired) electrons. The van der Waals surface area contributed by atoms with Gasteiger partial charge in [0.1, 0.15) is 6.61 Å². The van der Waals surface area contributed by atoms with Gasteiger partial charge in [-0.2, -0.15) is 0 Å². The van der Waals surface area contributed by atoms with Crippen LogP contribution in [0.4, 0.5) is 4.39 Å². The van der Waals surface area contributed by atoms with E-state index >= 15 is 0 Å². The van der Waals surface area contributed by atoms with Gasteiger partial charge in [-0.15, -0.1) is 0 Å². The summed E-state index contributed by atoms with van der Waals surface area (Å²) in [6, 6.07) is 6.26. The molecule has 6 heteroatoms. The zero-order valence-corrected chi connectivity index (χ0v) is 15.7. The second-order valence-electron chi connectivity index (χ2n) is 8.74. The molecule has 5 rings (SSSR count). The SMILES string of the molecule is CC(=O)NC12C[C@H]3C[C@@H](C1)CC(C(=O)NCCOc1ccccc1F)(C3)C2. The molecule has 4 aliphatic rings. The van der Waals surface area contributed by atoms with Gasteiger partial charge < -0.3 is 15.4 Å². The van der Waals surface area contributed by atoms with Crippen molar-refractivity contribution >= 4 is 11.8 Å². The van der Waals surface area contributed by atoms with Crippen LogP contribution in [0.25, 0.3) is 0 Å². The van der Waals surface area contributed by atoms with Crippen LogP contribution >= 0.6 is 0 Å². The monoisotopic (exact) mass is 374 g/mol. The van der Waals surface area contributed by atoms with Crippen molar-refractivity contribution in [1.29, 1.82) is 0 Å². The van der Waals surface area contributed by atoms with Gasteiger partial charge in [0.2, 0.25) is 11.8 Å². The highest BCUT2D eigenvalue weighted by Gasteiger charge is 2.60. The van der Waals surface area contributed by atoms with Crippen LogP contribution in [0.2, 0.25) is 0 Å². The van der Waals surface area contributed by atoms with Gasteiger partial charge in [0.05, 0.1) is 12.0 Å². The Labute approximate surface area is 159 Å². The van der Waals surface area contributed by atoms with E-state index < -0.39 is 5.82 Å². The molecule has 27 heavy (non-hydrogen) atoms. The van der Waals surface area contributed by atoms with Crippen molar-refractivity contribution in [3.8, 4) is 5.75 Å². The van der Waals surface area contributed by atoms with Gasteiger partial charge in [0.15, 0.2) is 11.6 Å². The molecule has 0 heterocycles. The number of nitrogens with one attached hydrogen (secondary N) is 2. The van der Waals surface area contributed by atoms with Crippen LogP contribution in [0.3, 0.4) is 0 Å². The molecule has 146 valence electrons. The third-order valence-electron chi connectivity index (χ3n) is 6.47. The van der Waals surface area contributed by atoms with Crippen LogP contribution in [-0.4, -0.2) is 30.5 Å². The molecule has 1 aromatic rings. The summed E-state index contributed by atoms with van der Waals surface area (Å²) in [7, 11) is 0. The summed E-state index contributed by atoms with van der Waals surface area (Å²) in [4.78, 5) is 24.8. The average Bonchev–Trinajstić information content (AvgIpc) is 2.57. The standard InChI is InChI=1S/C21H27FN2O3/c1-14(25)24-21-11-15-8-16(12-21)10-20(9-15,13-21)19(26)23-6-7-27-18-5-3-2-4-17(18)22/h2-5,15-16H,6-13H2,1H3,(H,23,26)(H,24,25)/t15-,16+,20?,21?. The Hall–Kier alpha value is -2.11. The van der Waals surface area contributed by atoms with Crippen LogP contribution in [-0.2, 0) is 9.59 Å². The molecule has 0 aliphatic heterocycles. The fourth-order valence-electron chi connectivity index (χ4n) is 6.12. The van der Waals surface area contributed by atoms with Crippen LogP contribution < -0.4 is 15.4 Å². The Morgan fingerprint density at radius 1 is 1.19 bits per heavy atom. The van der Waals surface area contributed by atoms with Crippen molar-refractivity contribution in [2.45, 2.75) is 51.0 Å². The van der Waals surface area contributed by atoms with Gasteiger partial charge in [0, 0.05) is 12.5 Å². The zero-order valence-electron chi connectivity index (χ0n) is 15.7. The van der Waals surface area contributed by atoms with E-state index in [9.17, 15) is 14.0 Å². The lowest BCUT2D eigenvalue weighted by Gasteiger charge is -2.61. The molecule has 0 aromatic heterocycles. The molecule has 2 amide bonds. The van der Waals surface area contributed by atoms with Crippen molar-refractivity contribution in [3.63, 3.8) is 0 Å². The number of amides is 2. The zero-order chi connectivity index (χ0) is 19.1. The third kappa shape index (κ3) is 3.54. The lowest BCUT2D eigenvalue weighted by molar-refractivity contribution is -0.153. The van der Waals surface area contributed by atoms with Crippen molar-refractivity contribution < 1.29 is 18.7 Å². The highest BCUT2D eigenvalue weighted by molar-refractivity contribution is 5.84. The normalized spacial score (nSPS) is 33.6. The predicted molar refractivity (Wildman–Crippen MR) is 98.6 cm³/mol. The lowest BCUT2D eigenvalue weighted by Crippen LogP contribution is -2.65. The quantitative estimate of drug-likeness (QED) is 0.753. The van der Waals surface area contributed by atoms with Gasteiger partial charge in [-0.3, -0.25) is 9.59 Å². The summed E-state index contributed by atoms with van der Waals surface area (Å²) < 4.78 is 19.0. The molecule has 4 atom stereocenters. The summed E-state index contributed by atoms with van der Waals surface area (Å²) in [6.07, 6.45) is 5.71. The molecule has 0 spiro atoms. The fourth-order valence-corrected chi connectivity index (χ4v) is 6.12. The van der Waals surface area contributed by atoms with E-state index in [2.05, 4.69) is 10.6 Å². The van der Waals surface area contributed by atoms with Crippen LogP contribution in [0.15, 0.2) is 24.3 Å². The van der Waals surface area contributed by atoms with Gasteiger partial charge in [-0.25, -0.2) is 4.39 Å². The third-order valence-corrected chi connectivity index (χ3v) is 6.47. The molecule has 2 N–H and O–H groups in total. The number of ether oxygens (including phenoxy) is 1. The molecule has 5 nitrogen and oxygen atoms in total. The highest BCUT2D eigenvalue weighted by atomic mass is 19.1. The number of rotatable bonds is 6. The second-order valence-corrected chi connectivity index (χ2v) is 8.74. The first kappa shape index (κ1) is 18.3. The summed E-state index contributed by atoms with van der Waals surface area (Å²) in [6.45, 7) is 2.13. The first-order valence-corrected chi connectivity index (χ1v) is 9.84. The second kappa shape index (κ2) is 6.80. The Morgan fingerprint density at radius 3 is 2.56 bits per heavy atom. The van der Waals surface area contributed by atoms with Gasteiger partial charge in [-0.05, 0) is 62.5 Å². The molecule has 4 saturated carbocycles. The maximum Gasteiger partial charge on any atom is 0.226 e. The number of benzene rings is 1. The van der Waals surface area contributed by atoms with E-state index in [4.69, 9.17) is 4.74 Å². The summed E-state index contributed by atoms with van der Waals surface area (Å²) in [5, 5.41) is 6.18. The number of hydrogen-bond donors (Lipinski definition) is 2. The van der Waals surface area contributed by atoms with Crippen LogP contribution in [0, 0.1) is 23.1 Å². The smallest absolute Gasteiger partial charge is 0.226 e. The first-order chi connectivity index (χ1) is 12.9. The van der Waals surface area contributed by atoms with E-state index in [1.807, 2.05) is 0 Å². The lowest BCUT2D eigenvalue weighted by atomic mass is 9.46. The van der Waals surface area contributed by atoms with E-state index in [1.165, 1.54) is 12.5 Å². The summed E-state index contributed by atoms with van der Waals surface area (Å²) in [5.41, 5.74) is -0.596. The fraction of sp³-hybridized carbons (Fsp3) is 0.619. The van der Waals surface area contributed by atoms with Crippen molar-refractivity contribution in [3.05, 3.63) is 30.1 Å². The molecule has 1 aromatic carbocycles. The largest absolute Gasteiger partial charge is 0.489 e. The Bertz CT molecular complexity index is 737.